The van der Waals surface area contributed by atoms with Crippen molar-refractivity contribution in [1.29, 1.82) is 0 Å². The average molecular weight is 605 g/mol. The van der Waals surface area contributed by atoms with Crippen molar-refractivity contribution in [2.45, 2.75) is 12.2 Å². The van der Waals surface area contributed by atoms with Crippen LogP contribution < -0.4 is 10.6 Å². The summed E-state index contributed by atoms with van der Waals surface area (Å²) in [5.41, 5.74) is 3.99. The lowest BCUT2D eigenvalue weighted by Gasteiger charge is -2.29. The van der Waals surface area contributed by atoms with E-state index in [1.54, 1.807) is 0 Å². The van der Waals surface area contributed by atoms with E-state index in [1.165, 1.54) is 43.1 Å². The third-order valence-electron chi connectivity index (χ3n) is 9.55. The predicted molar refractivity (Wildman–Crippen MR) is 194 cm³/mol. The van der Waals surface area contributed by atoms with Crippen LogP contribution in [-0.2, 0) is 0 Å². The highest BCUT2D eigenvalue weighted by Gasteiger charge is 2.31. The van der Waals surface area contributed by atoms with Gasteiger partial charge in [0.25, 0.3) is 0 Å². The van der Waals surface area contributed by atoms with E-state index < -0.39 is 6.17 Å². The van der Waals surface area contributed by atoms with Crippen molar-refractivity contribution >= 4 is 71.8 Å². The van der Waals surface area contributed by atoms with Gasteiger partial charge in [-0.15, -0.1) is 0 Å². The van der Waals surface area contributed by atoms with Gasteiger partial charge in [0.05, 0.1) is 0 Å². The number of nitrogens with zero attached hydrogens (tertiary/aromatic N) is 2. The third-order valence-corrected chi connectivity index (χ3v) is 9.55. The number of fused-ring (bicyclic) bond motifs is 9. The third kappa shape index (κ3) is 4.17. The second-order valence-corrected chi connectivity index (χ2v) is 12.3. The summed E-state index contributed by atoms with van der Waals surface area (Å²) >= 11 is 0. The number of amidine groups is 2. The quantitative estimate of drug-likeness (QED) is 0.197. The van der Waals surface area contributed by atoms with Crippen molar-refractivity contribution in [3.8, 4) is 0 Å². The summed E-state index contributed by atoms with van der Waals surface area (Å²) in [5.74, 6) is 2.43. The predicted octanol–water partition coefficient (Wildman–Crippen LogP) is 9.81. The summed E-state index contributed by atoms with van der Waals surface area (Å²) in [5, 5.41) is 18.1. The summed E-state index contributed by atoms with van der Waals surface area (Å²) in [6.45, 7) is 0. The molecule has 5 nitrogen and oxygen atoms in total. The van der Waals surface area contributed by atoms with Crippen molar-refractivity contribution in [2.24, 2.45) is 9.98 Å². The maximum atomic E-state index is 6.26. The first-order valence-electron chi connectivity index (χ1n) is 16.0. The van der Waals surface area contributed by atoms with Gasteiger partial charge in [-0.2, -0.15) is 0 Å². The van der Waals surface area contributed by atoms with Crippen molar-refractivity contribution < 1.29 is 4.42 Å². The Bertz CT molecular complexity index is 2660. The van der Waals surface area contributed by atoms with E-state index >= 15 is 0 Å². The fourth-order valence-corrected chi connectivity index (χ4v) is 7.29. The molecule has 0 spiro atoms. The topological polar surface area (TPSA) is 61.9 Å². The maximum absolute atomic E-state index is 6.26. The molecule has 2 aliphatic heterocycles. The molecule has 1 aromatic heterocycles. The molecule has 2 aliphatic rings. The fourth-order valence-electron chi connectivity index (χ4n) is 7.29. The average Bonchev–Trinajstić information content (AvgIpc) is 3.53. The molecule has 10 rings (SSSR count). The number of para-hydroxylation sites is 1. The molecule has 2 atom stereocenters. The van der Waals surface area contributed by atoms with Gasteiger partial charge < -0.3 is 15.1 Å². The lowest BCUT2D eigenvalue weighted by Crippen LogP contribution is -2.43. The van der Waals surface area contributed by atoms with Gasteiger partial charge in [0, 0.05) is 22.7 Å². The van der Waals surface area contributed by atoms with Crippen LogP contribution in [0.25, 0.3) is 60.1 Å². The first kappa shape index (κ1) is 26.1. The molecule has 0 bridgehead atoms. The first-order valence-corrected chi connectivity index (χ1v) is 16.0. The van der Waals surface area contributed by atoms with Crippen LogP contribution in [0.15, 0.2) is 154 Å². The molecular weight excluding hydrogens is 576 g/mol. The van der Waals surface area contributed by atoms with Crippen LogP contribution in [0.5, 0.6) is 0 Å². The summed E-state index contributed by atoms with van der Waals surface area (Å²) in [6, 6.07) is 47.0. The maximum Gasteiger partial charge on any atom is 0.169 e. The number of hydrogen-bond acceptors (Lipinski definition) is 5. The zero-order chi connectivity index (χ0) is 30.9. The lowest BCUT2D eigenvalue weighted by molar-refractivity contribution is 0.585. The molecule has 0 radical (unpaired) electrons. The monoisotopic (exact) mass is 604 g/mol. The largest absolute Gasteiger partial charge is 0.456 e. The number of aliphatic imine (C=N–C) groups is 2. The van der Waals surface area contributed by atoms with Gasteiger partial charge in [-0.3, -0.25) is 0 Å². The van der Waals surface area contributed by atoms with Crippen LogP contribution in [0.2, 0.25) is 0 Å². The Hall–Kier alpha value is -6.20. The second kappa shape index (κ2) is 10.2. The van der Waals surface area contributed by atoms with Crippen LogP contribution in [0.4, 0.5) is 0 Å². The summed E-state index contributed by atoms with van der Waals surface area (Å²) < 4.78 is 6.26. The second-order valence-electron chi connectivity index (χ2n) is 12.3. The SMILES string of the molecule is C1=Cc2oc3ccccc3c2C(C2=NC(c3ccc4ccccc4c3)N=C(c3ccc4c(ccc5ccc6ccccc6c54)c3)N2)N1. The van der Waals surface area contributed by atoms with Gasteiger partial charge in [-0.05, 0) is 72.9 Å². The van der Waals surface area contributed by atoms with Crippen molar-refractivity contribution in [1.82, 2.24) is 10.6 Å². The minimum Gasteiger partial charge on any atom is -0.456 e. The van der Waals surface area contributed by atoms with Gasteiger partial charge in [0.15, 0.2) is 6.17 Å². The van der Waals surface area contributed by atoms with E-state index in [9.17, 15) is 0 Å². The number of hydrogen-bond donors (Lipinski definition) is 2. The van der Waals surface area contributed by atoms with E-state index in [4.69, 9.17) is 14.4 Å². The Labute approximate surface area is 270 Å². The van der Waals surface area contributed by atoms with Crippen LogP contribution >= 0.6 is 0 Å². The normalized spacial score (nSPS) is 17.4. The highest BCUT2D eigenvalue weighted by molar-refractivity contribution is 6.21. The number of nitrogens with one attached hydrogen (secondary N) is 2. The minimum atomic E-state index is -0.420. The Morgan fingerprint density at radius 3 is 2.21 bits per heavy atom. The van der Waals surface area contributed by atoms with E-state index in [0.717, 1.165) is 45.1 Å². The molecule has 0 aliphatic carbocycles. The summed E-state index contributed by atoms with van der Waals surface area (Å²) in [7, 11) is 0. The molecule has 47 heavy (non-hydrogen) atoms. The molecule has 0 saturated heterocycles. The Kier molecular flexibility index (Phi) is 5.63. The van der Waals surface area contributed by atoms with Crippen molar-refractivity contribution in [3.63, 3.8) is 0 Å². The standard InChI is InChI=1S/C42H28N4O/c1-2-9-28-23-30(18-13-25(28)7-1)40-44-41(46-42(45-40)39-38-34-11-5-6-12-35(34)47-36(38)21-22-43-39)31-19-20-33-29(24-31)17-16-27-15-14-26-8-3-4-10-32(26)37(27)33/h1-24,39-40,43H,(H,44,45,46). The van der Waals surface area contributed by atoms with Gasteiger partial charge in [-0.1, -0.05) is 115 Å². The molecule has 3 heterocycles. The molecule has 8 aromatic rings. The lowest BCUT2D eigenvalue weighted by atomic mass is 9.95. The van der Waals surface area contributed by atoms with Crippen molar-refractivity contribution in [2.75, 3.05) is 0 Å². The van der Waals surface area contributed by atoms with Crippen molar-refractivity contribution in [3.05, 3.63) is 162 Å². The summed E-state index contributed by atoms with van der Waals surface area (Å²) in [4.78, 5) is 10.5. The molecule has 2 unspecified atom stereocenters. The zero-order valence-electron chi connectivity index (χ0n) is 25.3. The molecule has 5 heteroatoms. The van der Waals surface area contributed by atoms with E-state index in [2.05, 4.69) is 132 Å². The van der Waals surface area contributed by atoms with E-state index in [-0.39, 0.29) is 6.04 Å². The molecule has 0 saturated carbocycles. The Balaban J connectivity index is 1.13. The minimum absolute atomic E-state index is 0.233. The number of benzene rings is 7. The number of rotatable bonds is 3. The van der Waals surface area contributed by atoms with E-state index in [1.807, 2.05) is 24.4 Å². The van der Waals surface area contributed by atoms with Crippen LogP contribution in [0.3, 0.4) is 0 Å². The van der Waals surface area contributed by atoms with E-state index in [0.29, 0.717) is 0 Å². The van der Waals surface area contributed by atoms with Crippen LogP contribution in [-0.4, -0.2) is 11.7 Å². The first-order chi connectivity index (χ1) is 23.3. The Morgan fingerprint density at radius 2 is 1.30 bits per heavy atom. The molecule has 2 N–H and O–H groups in total. The number of furan rings is 1. The fraction of sp³-hybridized carbons (Fsp3) is 0.0476. The smallest absolute Gasteiger partial charge is 0.169 e. The van der Waals surface area contributed by atoms with Gasteiger partial charge in [-0.25, -0.2) is 9.98 Å². The van der Waals surface area contributed by atoms with Crippen LogP contribution in [0.1, 0.15) is 34.7 Å². The van der Waals surface area contributed by atoms with Crippen LogP contribution in [0, 0.1) is 0 Å². The zero-order valence-corrected chi connectivity index (χ0v) is 25.3. The summed E-state index contributed by atoms with van der Waals surface area (Å²) in [6.07, 6.45) is 3.51. The molecule has 0 amide bonds. The molecule has 222 valence electrons. The van der Waals surface area contributed by atoms with Gasteiger partial charge in [0.1, 0.15) is 29.1 Å². The highest BCUT2D eigenvalue weighted by atomic mass is 16.3. The highest BCUT2D eigenvalue weighted by Crippen LogP contribution is 2.37. The molecule has 0 fully saturated rings. The molecule has 7 aromatic carbocycles. The molecular formula is C42H28N4O. The van der Waals surface area contributed by atoms with Gasteiger partial charge in [0.2, 0.25) is 0 Å². The van der Waals surface area contributed by atoms with Gasteiger partial charge >= 0.3 is 0 Å². The Morgan fingerprint density at radius 1 is 0.574 bits per heavy atom.